The quantitative estimate of drug-likeness (QED) is 0.261. The zero-order chi connectivity index (χ0) is 23.4. The molecule has 4 rings (SSSR count). The molecule has 1 aliphatic carbocycles. The minimum atomic E-state index is -0.673. The Morgan fingerprint density at radius 3 is 2.79 bits per heavy atom. The first-order chi connectivity index (χ1) is 15.9. The van der Waals surface area contributed by atoms with Gasteiger partial charge in [0.2, 0.25) is 0 Å². The zero-order valence-electron chi connectivity index (χ0n) is 17.2. The van der Waals surface area contributed by atoms with Crippen molar-refractivity contribution in [2.24, 2.45) is 5.92 Å². The summed E-state index contributed by atoms with van der Waals surface area (Å²) in [5.41, 5.74) is 0.0527. The first-order valence-electron chi connectivity index (χ1n) is 10.1. The van der Waals surface area contributed by atoms with Crippen molar-refractivity contribution in [1.29, 1.82) is 0 Å². The highest BCUT2D eigenvalue weighted by molar-refractivity contribution is 6.20. The molecule has 0 saturated heterocycles. The maximum absolute atomic E-state index is 14.5. The van der Waals surface area contributed by atoms with Crippen LogP contribution < -0.4 is 14.8 Å². The molecule has 1 aromatic heterocycles. The van der Waals surface area contributed by atoms with Crippen LogP contribution in [0.25, 0.3) is 0 Å². The van der Waals surface area contributed by atoms with E-state index in [2.05, 4.69) is 10.3 Å². The van der Waals surface area contributed by atoms with Gasteiger partial charge < -0.3 is 14.8 Å². The van der Waals surface area contributed by atoms with E-state index in [1.54, 1.807) is 12.1 Å². The van der Waals surface area contributed by atoms with Gasteiger partial charge in [-0.25, -0.2) is 4.39 Å². The van der Waals surface area contributed by atoms with Gasteiger partial charge in [0, 0.05) is 30.9 Å². The number of ether oxygens (including phenoxy) is 2. The number of hydrogen-bond donors (Lipinski definition) is 1. The molecule has 1 aliphatic rings. The second kappa shape index (κ2) is 9.83. The molecule has 1 amide bonds. The summed E-state index contributed by atoms with van der Waals surface area (Å²) in [4.78, 5) is 26.9. The number of amides is 1. The summed E-state index contributed by atoms with van der Waals surface area (Å²) >= 11 is 6.22. The third-order valence-electron chi connectivity index (χ3n) is 4.96. The summed E-state index contributed by atoms with van der Waals surface area (Å²) in [6.45, 7) is 0.0497. The first kappa shape index (κ1) is 22.5. The number of alkyl halides is 1. The molecule has 33 heavy (non-hydrogen) atoms. The van der Waals surface area contributed by atoms with Crippen molar-refractivity contribution in [3.63, 3.8) is 0 Å². The van der Waals surface area contributed by atoms with Crippen molar-refractivity contribution in [1.82, 2.24) is 10.3 Å². The van der Waals surface area contributed by atoms with E-state index in [0.29, 0.717) is 11.3 Å². The number of non-ortho nitro benzene ring substituents is 1. The Morgan fingerprint density at radius 2 is 2.06 bits per heavy atom. The fourth-order valence-corrected chi connectivity index (χ4v) is 3.38. The Balaban J connectivity index is 1.39. The molecule has 1 heterocycles. The molecule has 3 aromatic rings. The van der Waals surface area contributed by atoms with E-state index in [1.165, 1.54) is 48.8 Å². The van der Waals surface area contributed by atoms with Crippen molar-refractivity contribution < 1.29 is 23.6 Å². The zero-order valence-corrected chi connectivity index (χ0v) is 18.0. The Hall–Kier alpha value is -3.72. The number of pyridine rings is 1. The van der Waals surface area contributed by atoms with Gasteiger partial charge in [-0.2, -0.15) is 0 Å². The van der Waals surface area contributed by atoms with Crippen molar-refractivity contribution in [2.75, 3.05) is 0 Å². The Morgan fingerprint density at radius 1 is 1.24 bits per heavy atom. The molecule has 1 saturated carbocycles. The standard InChI is InChI=1S/C23H19ClFN3O5/c24-22(15-5-6-15)33-20-8-9-26-13-18(20)23(29)27-12-14-4-7-21(19(25)10-14)32-17-3-1-2-16(11-17)28(30)31/h1-4,7-11,13,15,22H,5-6,12H2,(H,27,29)/t22-/m1/s1. The average Bonchev–Trinajstić information content (AvgIpc) is 3.65. The normalized spacial score (nSPS) is 13.8. The Kier molecular flexibility index (Phi) is 6.69. The molecule has 0 aliphatic heterocycles. The van der Waals surface area contributed by atoms with Gasteiger partial charge in [0.1, 0.15) is 11.5 Å². The van der Waals surface area contributed by atoms with E-state index >= 15 is 0 Å². The maximum Gasteiger partial charge on any atom is 0.273 e. The molecule has 170 valence electrons. The second-order valence-electron chi connectivity index (χ2n) is 7.48. The van der Waals surface area contributed by atoms with Crippen LogP contribution in [-0.2, 0) is 6.54 Å². The molecule has 1 fully saturated rings. The second-order valence-corrected chi connectivity index (χ2v) is 7.91. The number of aromatic nitrogens is 1. The molecule has 0 unspecified atom stereocenters. The van der Waals surface area contributed by atoms with Gasteiger partial charge in [0.05, 0.1) is 16.6 Å². The van der Waals surface area contributed by atoms with Crippen LogP contribution >= 0.6 is 11.6 Å². The molecular weight excluding hydrogens is 453 g/mol. The molecule has 0 radical (unpaired) electrons. The SMILES string of the molecule is O=C(NCc1ccc(Oc2cccc([N+](=O)[O-])c2)c(F)c1)c1cnccc1O[C@@H](Cl)C1CC1. The summed E-state index contributed by atoms with van der Waals surface area (Å²) in [5, 5.41) is 13.6. The molecule has 10 heteroatoms. The van der Waals surface area contributed by atoms with E-state index in [0.717, 1.165) is 12.8 Å². The molecular formula is C23H19ClFN3O5. The number of nitrogens with zero attached hydrogens (tertiary/aromatic N) is 2. The largest absolute Gasteiger partial charge is 0.473 e. The van der Waals surface area contributed by atoms with Gasteiger partial charge in [-0.05, 0) is 42.7 Å². The predicted molar refractivity (Wildman–Crippen MR) is 118 cm³/mol. The number of hydrogen-bond acceptors (Lipinski definition) is 6. The van der Waals surface area contributed by atoms with Crippen LogP contribution in [0.2, 0.25) is 0 Å². The van der Waals surface area contributed by atoms with Crippen LogP contribution in [0.15, 0.2) is 60.9 Å². The van der Waals surface area contributed by atoms with Gasteiger partial charge >= 0.3 is 0 Å². The van der Waals surface area contributed by atoms with Gasteiger partial charge in [-0.3, -0.25) is 19.9 Å². The lowest BCUT2D eigenvalue weighted by Crippen LogP contribution is -2.24. The smallest absolute Gasteiger partial charge is 0.273 e. The molecule has 1 atom stereocenters. The number of halogens is 2. The topological polar surface area (TPSA) is 104 Å². The third kappa shape index (κ3) is 5.75. The van der Waals surface area contributed by atoms with Crippen molar-refractivity contribution in [3.05, 3.63) is 88.0 Å². The molecule has 0 bridgehead atoms. The van der Waals surface area contributed by atoms with Crippen LogP contribution in [-0.4, -0.2) is 21.4 Å². The first-order valence-corrected chi connectivity index (χ1v) is 10.6. The molecule has 0 spiro atoms. The van der Waals surface area contributed by atoms with Crippen molar-refractivity contribution >= 4 is 23.2 Å². The summed E-state index contributed by atoms with van der Waals surface area (Å²) in [7, 11) is 0. The number of nitro groups is 1. The van der Waals surface area contributed by atoms with Crippen LogP contribution in [0.3, 0.4) is 0 Å². The lowest BCUT2D eigenvalue weighted by molar-refractivity contribution is -0.384. The fraction of sp³-hybridized carbons (Fsp3) is 0.217. The highest BCUT2D eigenvalue weighted by Crippen LogP contribution is 2.37. The van der Waals surface area contributed by atoms with Crippen LogP contribution in [0.5, 0.6) is 17.2 Å². The average molecular weight is 472 g/mol. The number of benzene rings is 2. The number of carbonyl (C=O) groups excluding carboxylic acids is 1. The van der Waals surface area contributed by atoms with Crippen LogP contribution in [0, 0.1) is 21.8 Å². The molecule has 8 nitrogen and oxygen atoms in total. The lowest BCUT2D eigenvalue weighted by Gasteiger charge is -2.15. The summed E-state index contributed by atoms with van der Waals surface area (Å²) in [5.74, 6) is -0.454. The van der Waals surface area contributed by atoms with E-state index in [4.69, 9.17) is 21.1 Å². The molecule has 1 N–H and O–H groups in total. The van der Waals surface area contributed by atoms with Crippen LogP contribution in [0.1, 0.15) is 28.8 Å². The lowest BCUT2D eigenvalue weighted by atomic mass is 10.2. The highest BCUT2D eigenvalue weighted by Gasteiger charge is 2.32. The molecule has 2 aromatic carbocycles. The van der Waals surface area contributed by atoms with E-state index in [1.807, 2.05) is 0 Å². The predicted octanol–water partition coefficient (Wildman–Crippen LogP) is 5.20. The number of carbonyl (C=O) groups is 1. The van der Waals surface area contributed by atoms with Crippen molar-refractivity contribution in [2.45, 2.75) is 24.9 Å². The summed E-state index contributed by atoms with van der Waals surface area (Å²) in [6, 6.07) is 11.2. The maximum atomic E-state index is 14.5. The fourth-order valence-electron chi connectivity index (χ4n) is 3.03. The van der Waals surface area contributed by atoms with Gasteiger partial charge in [0.15, 0.2) is 17.1 Å². The third-order valence-corrected chi connectivity index (χ3v) is 5.41. The minimum absolute atomic E-state index is 0.0497. The number of nitro benzene ring substituents is 1. The number of nitrogens with one attached hydrogen (secondary N) is 1. The van der Waals surface area contributed by atoms with Gasteiger partial charge in [0.25, 0.3) is 11.6 Å². The van der Waals surface area contributed by atoms with Gasteiger partial charge in [-0.15, -0.1) is 0 Å². The highest BCUT2D eigenvalue weighted by atomic mass is 35.5. The summed E-state index contributed by atoms with van der Waals surface area (Å²) in [6.07, 6.45) is 4.89. The van der Waals surface area contributed by atoms with E-state index in [-0.39, 0.29) is 35.2 Å². The minimum Gasteiger partial charge on any atom is -0.473 e. The number of rotatable bonds is 9. The van der Waals surface area contributed by atoms with Crippen LogP contribution in [0.4, 0.5) is 10.1 Å². The Bertz CT molecular complexity index is 1190. The van der Waals surface area contributed by atoms with Gasteiger partial charge in [-0.1, -0.05) is 23.7 Å². The van der Waals surface area contributed by atoms with E-state index < -0.39 is 22.2 Å². The van der Waals surface area contributed by atoms with Crippen molar-refractivity contribution in [3.8, 4) is 17.2 Å². The van der Waals surface area contributed by atoms with E-state index in [9.17, 15) is 19.3 Å². The monoisotopic (exact) mass is 471 g/mol. The Labute approximate surface area is 193 Å². The summed E-state index contributed by atoms with van der Waals surface area (Å²) < 4.78 is 25.6.